The molecule has 0 radical (unpaired) electrons. The summed E-state index contributed by atoms with van der Waals surface area (Å²) in [5.74, 6) is -0.412. The van der Waals surface area contributed by atoms with Gasteiger partial charge in [-0.1, -0.05) is 66.7 Å². The summed E-state index contributed by atoms with van der Waals surface area (Å²) >= 11 is 0. The summed E-state index contributed by atoms with van der Waals surface area (Å²) in [6, 6.07) is 18.3. The van der Waals surface area contributed by atoms with E-state index in [1.165, 1.54) is 24.3 Å². The van der Waals surface area contributed by atoms with Gasteiger partial charge in [0.15, 0.2) is 5.69 Å². The van der Waals surface area contributed by atoms with E-state index >= 15 is 0 Å². The quantitative estimate of drug-likeness (QED) is 0.216. The molecule has 3 aromatic carbocycles. The number of carbonyl (C=O) groups is 1. The molecule has 40 heavy (non-hydrogen) atoms. The average Bonchev–Trinajstić information content (AvgIpc) is 3.37. The van der Waals surface area contributed by atoms with Crippen LogP contribution in [0.3, 0.4) is 0 Å². The molecule has 0 saturated carbocycles. The van der Waals surface area contributed by atoms with Crippen molar-refractivity contribution in [3.8, 4) is 0 Å². The van der Waals surface area contributed by atoms with Crippen molar-refractivity contribution in [2.75, 3.05) is 0 Å². The Morgan fingerprint density at radius 1 is 0.825 bits per heavy atom. The number of nitrogens with zero attached hydrogens (tertiary/aromatic N) is 2. The monoisotopic (exact) mass is 561 g/mol. The summed E-state index contributed by atoms with van der Waals surface area (Å²) in [6.45, 7) is 1.64. The van der Waals surface area contributed by atoms with Gasteiger partial charge < -0.3 is 9.73 Å². The number of amides is 1. The number of halogens is 6. The first-order valence-electron chi connectivity index (χ1n) is 12.2. The highest BCUT2D eigenvalue weighted by Crippen LogP contribution is 2.31. The third-order valence-electron chi connectivity index (χ3n) is 6.11. The first-order chi connectivity index (χ1) is 18.9. The Hall–Kier alpha value is -4.12. The molecule has 0 bridgehead atoms. The zero-order valence-corrected chi connectivity index (χ0v) is 21.3. The fourth-order valence-electron chi connectivity index (χ4n) is 4.15. The smallest absolute Gasteiger partial charge is 0.416 e. The van der Waals surface area contributed by atoms with Gasteiger partial charge in [-0.05, 0) is 35.7 Å². The Morgan fingerprint density at radius 3 is 1.90 bits per heavy atom. The van der Waals surface area contributed by atoms with Crippen molar-refractivity contribution in [1.29, 1.82) is 0 Å². The van der Waals surface area contributed by atoms with E-state index in [4.69, 9.17) is 4.42 Å². The maximum Gasteiger partial charge on any atom is 0.416 e. The lowest BCUT2D eigenvalue weighted by molar-refractivity contribution is -0.138. The number of carbonyl (C=O) groups excluding carboxylic acids is 1. The minimum absolute atomic E-state index is 0.00383. The Bertz CT molecular complexity index is 1370. The van der Waals surface area contributed by atoms with Crippen LogP contribution < -0.4 is 5.32 Å². The number of benzene rings is 3. The molecule has 1 N–H and O–H groups in total. The number of hydrogen-bond acceptors (Lipinski definition) is 4. The molecule has 4 rings (SSSR count). The summed E-state index contributed by atoms with van der Waals surface area (Å²) < 4.78 is 85.0. The number of rotatable bonds is 9. The van der Waals surface area contributed by atoms with E-state index in [1.54, 1.807) is 11.8 Å². The standard InChI is InChI=1S/C29H25F6N3O2/c1-19(22-9-3-2-4-10-22)36-27(39)25-18-40-26(37-25)17-38(15-20-7-5-11-23(13-20)28(30,31)32)16-21-8-6-12-24(14-21)29(33,34)35/h2-14,18-19H,15-17H2,1H3,(H,36,39)/t19-/m0/s1. The Morgan fingerprint density at radius 2 is 1.38 bits per heavy atom. The molecule has 0 aliphatic rings. The van der Waals surface area contributed by atoms with E-state index in [-0.39, 0.29) is 37.3 Å². The fraction of sp³-hybridized carbons (Fsp3) is 0.241. The molecule has 11 heteroatoms. The van der Waals surface area contributed by atoms with Crippen molar-refractivity contribution < 1.29 is 35.6 Å². The van der Waals surface area contributed by atoms with E-state index in [0.717, 1.165) is 36.1 Å². The van der Waals surface area contributed by atoms with Crippen LogP contribution in [0.5, 0.6) is 0 Å². The van der Waals surface area contributed by atoms with Crippen LogP contribution in [0.15, 0.2) is 89.5 Å². The molecular formula is C29H25F6N3O2. The van der Waals surface area contributed by atoms with Crippen LogP contribution in [-0.4, -0.2) is 15.8 Å². The van der Waals surface area contributed by atoms with E-state index in [2.05, 4.69) is 10.3 Å². The minimum Gasteiger partial charge on any atom is -0.447 e. The van der Waals surface area contributed by atoms with Crippen LogP contribution in [0.25, 0.3) is 0 Å². The maximum absolute atomic E-state index is 13.2. The van der Waals surface area contributed by atoms with Crippen LogP contribution in [-0.2, 0) is 32.0 Å². The Balaban J connectivity index is 1.54. The van der Waals surface area contributed by atoms with E-state index in [0.29, 0.717) is 11.1 Å². The second kappa shape index (κ2) is 12.0. The van der Waals surface area contributed by atoms with Crippen molar-refractivity contribution in [2.24, 2.45) is 0 Å². The lowest BCUT2D eigenvalue weighted by atomic mass is 10.1. The lowest BCUT2D eigenvalue weighted by Gasteiger charge is -2.22. The molecule has 1 heterocycles. The normalized spacial score (nSPS) is 12.9. The maximum atomic E-state index is 13.2. The predicted molar refractivity (Wildman–Crippen MR) is 135 cm³/mol. The number of aromatic nitrogens is 1. The Kier molecular flexibility index (Phi) is 8.63. The molecule has 5 nitrogen and oxygen atoms in total. The van der Waals surface area contributed by atoms with Crippen LogP contribution in [0.1, 0.15) is 57.2 Å². The number of nitrogens with one attached hydrogen (secondary N) is 1. The molecule has 1 atom stereocenters. The van der Waals surface area contributed by atoms with Gasteiger partial charge in [-0.25, -0.2) is 4.98 Å². The molecule has 1 aromatic heterocycles. The van der Waals surface area contributed by atoms with Crippen LogP contribution in [0.4, 0.5) is 26.3 Å². The van der Waals surface area contributed by atoms with Gasteiger partial charge in [0.2, 0.25) is 5.89 Å². The predicted octanol–water partition coefficient (Wildman–Crippen LogP) is 7.41. The fourth-order valence-corrected chi connectivity index (χ4v) is 4.15. The lowest BCUT2D eigenvalue weighted by Crippen LogP contribution is -2.27. The number of oxazole rings is 1. The third kappa shape index (κ3) is 7.72. The van der Waals surface area contributed by atoms with Crippen molar-refractivity contribution in [1.82, 2.24) is 15.2 Å². The van der Waals surface area contributed by atoms with Crippen LogP contribution >= 0.6 is 0 Å². The zero-order valence-electron chi connectivity index (χ0n) is 21.3. The highest BCUT2D eigenvalue weighted by atomic mass is 19.4. The van der Waals surface area contributed by atoms with Gasteiger partial charge in [-0.15, -0.1) is 0 Å². The summed E-state index contributed by atoms with van der Waals surface area (Å²) in [7, 11) is 0. The highest BCUT2D eigenvalue weighted by molar-refractivity contribution is 5.92. The number of hydrogen-bond donors (Lipinski definition) is 1. The van der Waals surface area contributed by atoms with Gasteiger partial charge >= 0.3 is 12.4 Å². The summed E-state index contributed by atoms with van der Waals surface area (Å²) in [5.41, 5.74) is -0.215. The topological polar surface area (TPSA) is 58.4 Å². The first-order valence-corrected chi connectivity index (χ1v) is 12.2. The SMILES string of the molecule is C[C@H](NC(=O)c1coc(CN(Cc2cccc(C(F)(F)F)c2)Cc2cccc(C(F)(F)F)c2)n1)c1ccccc1. The Labute approximate surface area is 226 Å². The minimum atomic E-state index is -4.55. The molecule has 0 fully saturated rings. The van der Waals surface area contributed by atoms with Crippen molar-refractivity contribution >= 4 is 5.91 Å². The van der Waals surface area contributed by atoms with Crippen molar-refractivity contribution in [2.45, 2.75) is 45.0 Å². The van der Waals surface area contributed by atoms with Gasteiger partial charge in [0.25, 0.3) is 5.91 Å². The average molecular weight is 562 g/mol. The molecular weight excluding hydrogens is 536 g/mol. The second-order valence-corrected chi connectivity index (χ2v) is 9.27. The molecule has 0 saturated heterocycles. The van der Waals surface area contributed by atoms with Gasteiger partial charge in [-0.3, -0.25) is 9.69 Å². The zero-order chi connectivity index (χ0) is 28.9. The van der Waals surface area contributed by atoms with Crippen LogP contribution in [0.2, 0.25) is 0 Å². The highest BCUT2D eigenvalue weighted by Gasteiger charge is 2.31. The molecule has 210 valence electrons. The van der Waals surface area contributed by atoms with E-state index in [9.17, 15) is 31.1 Å². The molecule has 0 aliphatic carbocycles. The molecule has 0 spiro atoms. The first kappa shape index (κ1) is 28.9. The van der Waals surface area contributed by atoms with Gasteiger partial charge in [0.05, 0.1) is 23.7 Å². The van der Waals surface area contributed by atoms with Crippen molar-refractivity contribution in [3.05, 3.63) is 125 Å². The largest absolute Gasteiger partial charge is 0.447 e. The van der Waals surface area contributed by atoms with Gasteiger partial charge in [0.1, 0.15) is 6.26 Å². The third-order valence-corrected chi connectivity index (χ3v) is 6.11. The van der Waals surface area contributed by atoms with E-state index < -0.39 is 29.4 Å². The number of alkyl halides is 6. The van der Waals surface area contributed by atoms with Crippen LogP contribution in [0, 0.1) is 0 Å². The van der Waals surface area contributed by atoms with Crippen molar-refractivity contribution in [3.63, 3.8) is 0 Å². The van der Waals surface area contributed by atoms with Gasteiger partial charge in [0, 0.05) is 13.1 Å². The molecule has 1 amide bonds. The summed E-state index contributed by atoms with van der Waals surface area (Å²) in [4.78, 5) is 18.5. The summed E-state index contributed by atoms with van der Waals surface area (Å²) in [6.07, 6.45) is -7.94. The molecule has 4 aromatic rings. The van der Waals surface area contributed by atoms with Gasteiger partial charge in [-0.2, -0.15) is 26.3 Å². The molecule has 0 unspecified atom stereocenters. The molecule has 0 aliphatic heterocycles. The second-order valence-electron chi connectivity index (χ2n) is 9.27. The van der Waals surface area contributed by atoms with E-state index in [1.807, 2.05) is 30.3 Å². The summed E-state index contributed by atoms with van der Waals surface area (Å²) in [5, 5.41) is 2.81.